The number of carbonyl (C=O) groups excluding carboxylic acids is 2. The van der Waals surface area contributed by atoms with Crippen LogP contribution in [-0.4, -0.2) is 47.2 Å². The lowest BCUT2D eigenvalue weighted by Gasteiger charge is -2.16. The summed E-state index contributed by atoms with van der Waals surface area (Å²) in [5.74, 6) is 0.479. The van der Waals surface area contributed by atoms with E-state index in [9.17, 15) is 9.59 Å². The molecule has 0 spiro atoms. The third-order valence-corrected chi connectivity index (χ3v) is 5.48. The molecule has 6 heteroatoms. The van der Waals surface area contributed by atoms with Crippen LogP contribution in [0.2, 0.25) is 0 Å². The molecule has 6 nitrogen and oxygen atoms in total. The first-order valence-electron chi connectivity index (χ1n) is 9.99. The number of pyridine rings is 1. The Morgan fingerprint density at radius 2 is 2.03 bits per heavy atom. The number of benzene rings is 1. The van der Waals surface area contributed by atoms with E-state index >= 15 is 0 Å². The number of amides is 2. The minimum absolute atomic E-state index is 0.0501. The van der Waals surface area contributed by atoms with Gasteiger partial charge in [-0.2, -0.15) is 0 Å². The van der Waals surface area contributed by atoms with Crippen LogP contribution >= 0.6 is 0 Å². The van der Waals surface area contributed by atoms with Gasteiger partial charge in [-0.3, -0.25) is 14.5 Å². The molecule has 0 bridgehead atoms. The summed E-state index contributed by atoms with van der Waals surface area (Å²) in [4.78, 5) is 32.3. The Morgan fingerprint density at radius 3 is 2.90 bits per heavy atom. The first-order valence-corrected chi connectivity index (χ1v) is 9.99. The summed E-state index contributed by atoms with van der Waals surface area (Å²) in [6.45, 7) is 1.57. The third-order valence-electron chi connectivity index (χ3n) is 5.48. The summed E-state index contributed by atoms with van der Waals surface area (Å²) in [6, 6.07) is 8.52. The van der Waals surface area contributed by atoms with Crippen molar-refractivity contribution in [2.45, 2.75) is 32.4 Å². The van der Waals surface area contributed by atoms with Gasteiger partial charge in [0.2, 0.25) is 11.8 Å². The van der Waals surface area contributed by atoms with Crippen LogP contribution in [0.5, 0.6) is 0 Å². The number of nitrogens with zero attached hydrogens (tertiary/aromatic N) is 3. The third kappa shape index (κ3) is 4.54. The summed E-state index contributed by atoms with van der Waals surface area (Å²) in [5.41, 5.74) is 5.82. The summed E-state index contributed by atoms with van der Waals surface area (Å²) in [5, 5.41) is 2.82. The van der Waals surface area contributed by atoms with Gasteiger partial charge in [0.1, 0.15) is 5.82 Å². The molecule has 1 N–H and O–H groups in total. The Hall–Kier alpha value is -2.99. The Kier molecular flexibility index (Phi) is 5.45. The summed E-state index contributed by atoms with van der Waals surface area (Å²) in [7, 11) is 3.72. The summed E-state index contributed by atoms with van der Waals surface area (Å²) >= 11 is 0. The Balaban J connectivity index is 1.42. The molecule has 150 valence electrons. The zero-order valence-electron chi connectivity index (χ0n) is 16.9. The maximum absolute atomic E-state index is 12.5. The average Bonchev–Trinajstić information content (AvgIpc) is 3.09. The molecule has 2 heterocycles. The van der Waals surface area contributed by atoms with Crippen molar-refractivity contribution in [3.8, 4) is 0 Å². The maximum atomic E-state index is 12.5. The molecule has 0 radical (unpaired) electrons. The van der Waals surface area contributed by atoms with Crippen LogP contribution in [0, 0.1) is 0 Å². The Labute approximate surface area is 171 Å². The van der Waals surface area contributed by atoms with Crippen LogP contribution in [0.1, 0.15) is 34.2 Å². The second kappa shape index (κ2) is 8.17. The molecule has 0 unspecified atom stereocenters. The predicted octanol–water partition coefficient (Wildman–Crippen LogP) is 2.63. The fourth-order valence-corrected chi connectivity index (χ4v) is 3.99. The Morgan fingerprint density at radius 1 is 1.21 bits per heavy atom. The number of carbonyl (C=O) groups is 2. The second-order valence-corrected chi connectivity index (χ2v) is 7.98. The van der Waals surface area contributed by atoms with Gasteiger partial charge in [0.05, 0.1) is 6.54 Å². The molecule has 0 fully saturated rings. The van der Waals surface area contributed by atoms with Gasteiger partial charge in [0.25, 0.3) is 0 Å². The monoisotopic (exact) mass is 390 g/mol. The van der Waals surface area contributed by atoms with E-state index in [4.69, 9.17) is 0 Å². The summed E-state index contributed by atoms with van der Waals surface area (Å²) < 4.78 is 0. The highest BCUT2D eigenvalue weighted by Crippen LogP contribution is 2.23. The highest BCUT2D eigenvalue weighted by Gasteiger charge is 2.17. The van der Waals surface area contributed by atoms with Gasteiger partial charge in [0.15, 0.2) is 0 Å². The molecule has 1 aliphatic carbocycles. The van der Waals surface area contributed by atoms with E-state index in [2.05, 4.69) is 28.5 Å². The van der Waals surface area contributed by atoms with Crippen LogP contribution in [-0.2, 0) is 35.5 Å². The highest BCUT2D eigenvalue weighted by molar-refractivity contribution is 5.93. The van der Waals surface area contributed by atoms with Crippen LogP contribution in [0.15, 0.2) is 36.5 Å². The number of hydrogen-bond donors (Lipinski definition) is 1. The average molecular weight is 390 g/mol. The maximum Gasteiger partial charge on any atom is 0.246 e. The van der Waals surface area contributed by atoms with E-state index in [0.29, 0.717) is 25.5 Å². The van der Waals surface area contributed by atoms with Crippen molar-refractivity contribution in [1.82, 2.24) is 14.8 Å². The van der Waals surface area contributed by atoms with Crippen LogP contribution < -0.4 is 5.32 Å². The van der Waals surface area contributed by atoms with E-state index in [1.54, 1.807) is 23.2 Å². The molecular weight excluding hydrogens is 364 g/mol. The molecule has 0 saturated carbocycles. The van der Waals surface area contributed by atoms with Gasteiger partial charge in [-0.25, -0.2) is 4.98 Å². The molecule has 4 rings (SSSR count). The van der Waals surface area contributed by atoms with E-state index in [0.717, 1.165) is 17.5 Å². The number of nitrogens with one attached hydrogen (secondary N) is 1. The van der Waals surface area contributed by atoms with Crippen LogP contribution in [0.25, 0.3) is 6.08 Å². The van der Waals surface area contributed by atoms with Crippen molar-refractivity contribution in [3.05, 3.63) is 64.4 Å². The van der Waals surface area contributed by atoms with E-state index in [-0.39, 0.29) is 11.8 Å². The number of hydrogen-bond acceptors (Lipinski definition) is 4. The van der Waals surface area contributed by atoms with Crippen molar-refractivity contribution < 1.29 is 9.59 Å². The minimum atomic E-state index is -0.0644. The molecular formula is C23H26N4O2. The molecule has 1 aromatic carbocycles. The Bertz CT molecular complexity index is 983. The highest BCUT2D eigenvalue weighted by atomic mass is 16.2. The fourth-order valence-electron chi connectivity index (χ4n) is 3.99. The van der Waals surface area contributed by atoms with Crippen LogP contribution in [0.3, 0.4) is 0 Å². The van der Waals surface area contributed by atoms with Crippen LogP contribution in [0.4, 0.5) is 5.82 Å². The van der Waals surface area contributed by atoms with Crippen molar-refractivity contribution >= 4 is 23.7 Å². The number of aromatic nitrogens is 1. The zero-order valence-corrected chi connectivity index (χ0v) is 16.9. The van der Waals surface area contributed by atoms with E-state index < -0.39 is 0 Å². The minimum Gasteiger partial charge on any atom is -0.338 e. The van der Waals surface area contributed by atoms with Gasteiger partial charge in [-0.05, 0) is 60.7 Å². The number of aryl methyl sites for hydroxylation is 2. The number of anilines is 1. The standard InChI is InChI=1S/C23H26N4O2/c1-26-14-20-10-16(12-24-23(20)25-21(28)15-26)7-9-22(29)27(2)13-17-6-8-18-4-3-5-19(18)11-17/h6-12H,3-5,13-15H2,1-2H3,(H,24,25,28)/b9-7+. The fraction of sp³-hybridized carbons (Fsp3) is 0.348. The van der Waals surface area contributed by atoms with Crippen molar-refractivity contribution in [2.24, 2.45) is 0 Å². The second-order valence-electron chi connectivity index (χ2n) is 7.98. The molecule has 1 aliphatic heterocycles. The number of likely N-dealkylation sites (N-methyl/N-ethyl adjacent to an activating group) is 2. The molecule has 1 aromatic heterocycles. The van der Waals surface area contributed by atoms with Crippen molar-refractivity contribution in [3.63, 3.8) is 0 Å². The molecule has 0 atom stereocenters. The molecule has 2 aliphatic rings. The topological polar surface area (TPSA) is 65.5 Å². The normalized spacial score (nSPS) is 16.3. The quantitative estimate of drug-likeness (QED) is 0.815. The smallest absolute Gasteiger partial charge is 0.246 e. The SMILES string of the molecule is CN1CC(=O)Nc2ncc(/C=C/C(=O)N(C)Cc3ccc4c(c3)CCC4)cc2C1. The van der Waals surface area contributed by atoms with Gasteiger partial charge in [-0.1, -0.05) is 18.2 Å². The van der Waals surface area contributed by atoms with Gasteiger partial charge in [-0.15, -0.1) is 0 Å². The molecule has 0 saturated heterocycles. The van der Waals surface area contributed by atoms with E-state index in [1.165, 1.54) is 29.5 Å². The van der Waals surface area contributed by atoms with Crippen molar-refractivity contribution in [2.75, 3.05) is 26.0 Å². The largest absolute Gasteiger partial charge is 0.338 e. The van der Waals surface area contributed by atoms with Gasteiger partial charge >= 0.3 is 0 Å². The van der Waals surface area contributed by atoms with Gasteiger partial charge < -0.3 is 10.2 Å². The van der Waals surface area contributed by atoms with E-state index in [1.807, 2.05) is 25.1 Å². The van der Waals surface area contributed by atoms with Gasteiger partial charge in [0, 0.05) is 38.0 Å². The lowest BCUT2D eigenvalue weighted by atomic mass is 10.1. The number of rotatable bonds is 4. The predicted molar refractivity (Wildman–Crippen MR) is 113 cm³/mol. The first-order chi connectivity index (χ1) is 14.0. The lowest BCUT2D eigenvalue weighted by molar-refractivity contribution is -0.125. The molecule has 2 aromatic rings. The van der Waals surface area contributed by atoms with Crippen molar-refractivity contribution in [1.29, 1.82) is 0 Å². The molecule has 29 heavy (non-hydrogen) atoms. The first kappa shape index (κ1) is 19.3. The lowest BCUT2D eigenvalue weighted by Crippen LogP contribution is -2.26. The molecule has 2 amide bonds. The zero-order chi connectivity index (χ0) is 20.4. The number of fused-ring (bicyclic) bond motifs is 2. The summed E-state index contributed by atoms with van der Waals surface area (Å²) in [6.07, 6.45) is 8.57.